The smallest absolute Gasteiger partial charge is 0.302 e. The number of carbonyl (C=O) groups is 1. The highest BCUT2D eigenvalue weighted by atomic mass is 16.5. The van der Waals surface area contributed by atoms with Crippen LogP contribution in [0, 0.1) is 45.3 Å². The van der Waals surface area contributed by atoms with Gasteiger partial charge in [0.05, 0.1) is 11.7 Å². The largest absolute Gasteiger partial charge is 0.462 e. The Kier molecular flexibility index (Phi) is 7.57. The SMILES string of the molecule is CC(=O)OC(CC(C)C)CC(C)(O)C1CCC2(C)C3CCC4C(C)(CCC(O)C4(C)C)C3=CCC12CO. The van der Waals surface area contributed by atoms with E-state index in [0.717, 1.165) is 51.4 Å². The summed E-state index contributed by atoms with van der Waals surface area (Å²) in [5.74, 6) is 0.840. The fourth-order valence-corrected chi connectivity index (χ4v) is 10.4. The van der Waals surface area contributed by atoms with Gasteiger partial charge in [0.2, 0.25) is 0 Å². The first-order valence-electron chi connectivity index (χ1n) is 14.9. The molecule has 3 fully saturated rings. The highest BCUT2D eigenvalue weighted by molar-refractivity contribution is 5.66. The quantitative estimate of drug-likeness (QED) is 0.282. The Hall–Kier alpha value is -0.910. The van der Waals surface area contributed by atoms with Crippen molar-refractivity contribution in [2.75, 3.05) is 6.61 Å². The van der Waals surface area contributed by atoms with Crippen LogP contribution in [0.4, 0.5) is 0 Å². The second kappa shape index (κ2) is 9.63. The van der Waals surface area contributed by atoms with E-state index in [4.69, 9.17) is 4.74 Å². The third-order valence-corrected chi connectivity index (χ3v) is 12.2. The van der Waals surface area contributed by atoms with E-state index >= 15 is 0 Å². The summed E-state index contributed by atoms with van der Waals surface area (Å²) < 4.78 is 5.68. The lowest BCUT2D eigenvalue weighted by molar-refractivity contribution is -0.162. The predicted molar refractivity (Wildman–Crippen MR) is 147 cm³/mol. The molecule has 0 aliphatic heterocycles. The number of aliphatic hydroxyl groups excluding tert-OH is 2. The van der Waals surface area contributed by atoms with Crippen LogP contribution in [-0.2, 0) is 9.53 Å². The maximum Gasteiger partial charge on any atom is 0.302 e. The van der Waals surface area contributed by atoms with Crippen LogP contribution >= 0.6 is 0 Å². The molecule has 0 heterocycles. The summed E-state index contributed by atoms with van der Waals surface area (Å²) in [5, 5.41) is 34.0. The molecule has 5 heteroatoms. The molecule has 3 N–H and O–H groups in total. The van der Waals surface area contributed by atoms with E-state index in [2.05, 4.69) is 47.6 Å². The topological polar surface area (TPSA) is 87.0 Å². The number of fused-ring (bicyclic) bond motifs is 5. The third kappa shape index (κ3) is 4.43. The average molecular weight is 519 g/mol. The minimum atomic E-state index is -1.04. The fourth-order valence-electron chi connectivity index (χ4n) is 10.4. The van der Waals surface area contributed by atoms with Crippen LogP contribution in [0.15, 0.2) is 11.6 Å². The molecule has 4 aliphatic carbocycles. The van der Waals surface area contributed by atoms with Gasteiger partial charge >= 0.3 is 5.97 Å². The molecule has 5 nitrogen and oxygen atoms in total. The van der Waals surface area contributed by atoms with Crippen LogP contribution in [0.25, 0.3) is 0 Å². The second-order valence-corrected chi connectivity index (χ2v) is 15.1. The number of carbonyl (C=O) groups excluding carboxylic acids is 1. The molecule has 0 aromatic carbocycles. The van der Waals surface area contributed by atoms with Crippen molar-refractivity contribution in [1.82, 2.24) is 0 Å². The van der Waals surface area contributed by atoms with Crippen molar-refractivity contribution in [3.8, 4) is 0 Å². The van der Waals surface area contributed by atoms with Gasteiger partial charge in [-0.2, -0.15) is 0 Å². The van der Waals surface area contributed by atoms with Gasteiger partial charge in [0.1, 0.15) is 6.10 Å². The summed E-state index contributed by atoms with van der Waals surface area (Å²) in [7, 11) is 0. The summed E-state index contributed by atoms with van der Waals surface area (Å²) in [6.45, 7) is 17.0. The van der Waals surface area contributed by atoms with Crippen LogP contribution in [0.2, 0.25) is 0 Å². The predicted octanol–water partition coefficient (Wildman–Crippen LogP) is 6.04. The summed E-state index contributed by atoms with van der Waals surface area (Å²) in [4.78, 5) is 11.8. The maximum atomic E-state index is 12.0. The van der Waals surface area contributed by atoms with Gasteiger partial charge in [-0.15, -0.1) is 0 Å². The Bertz CT molecular complexity index is 905. The molecule has 3 saturated carbocycles. The number of esters is 1. The van der Waals surface area contributed by atoms with Crippen molar-refractivity contribution in [2.24, 2.45) is 45.3 Å². The van der Waals surface area contributed by atoms with E-state index in [1.807, 2.05) is 6.92 Å². The van der Waals surface area contributed by atoms with Crippen LogP contribution in [0.1, 0.15) is 113 Å². The number of allylic oxidation sites excluding steroid dienone is 2. The summed E-state index contributed by atoms with van der Waals surface area (Å²) in [6.07, 6.45) is 9.70. The zero-order valence-corrected chi connectivity index (χ0v) is 24.8. The molecule has 0 spiro atoms. The lowest BCUT2D eigenvalue weighted by atomic mass is 9.40. The van der Waals surface area contributed by atoms with Crippen molar-refractivity contribution in [2.45, 2.75) is 131 Å². The lowest BCUT2D eigenvalue weighted by Crippen LogP contribution is -2.60. The Morgan fingerprint density at radius 1 is 1.14 bits per heavy atom. The lowest BCUT2D eigenvalue weighted by Gasteiger charge is -2.64. The van der Waals surface area contributed by atoms with Gasteiger partial charge in [-0.05, 0) is 98.2 Å². The number of hydrogen-bond donors (Lipinski definition) is 3. The Morgan fingerprint density at radius 2 is 1.81 bits per heavy atom. The highest BCUT2D eigenvalue weighted by Crippen LogP contribution is 2.73. The number of ether oxygens (including phenoxy) is 1. The molecule has 0 aromatic heterocycles. The van der Waals surface area contributed by atoms with Crippen molar-refractivity contribution >= 4 is 5.97 Å². The number of hydrogen-bond acceptors (Lipinski definition) is 5. The van der Waals surface area contributed by atoms with Gasteiger partial charge in [-0.25, -0.2) is 0 Å². The van der Waals surface area contributed by atoms with E-state index in [9.17, 15) is 20.1 Å². The molecule has 9 atom stereocenters. The van der Waals surface area contributed by atoms with E-state index < -0.39 is 11.0 Å². The van der Waals surface area contributed by atoms with Crippen molar-refractivity contribution in [3.63, 3.8) is 0 Å². The van der Waals surface area contributed by atoms with Gasteiger partial charge < -0.3 is 20.1 Å². The van der Waals surface area contributed by atoms with Gasteiger partial charge in [-0.1, -0.05) is 53.2 Å². The summed E-state index contributed by atoms with van der Waals surface area (Å²) in [5.41, 5.74) is 0.0101. The zero-order valence-electron chi connectivity index (χ0n) is 24.8. The van der Waals surface area contributed by atoms with Crippen LogP contribution < -0.4 is 0 Å². The minimum Gasteiger partial charge on any atom is -0.462 e. The van der Waals surface area contributed by atoms with Crippen molar-refractivity contribution < 1.29 is 24.9 Å². The highest BCUT2D eigenvalue weighted by Gasteiger charge is 2.68. The normalized spacial score (nSPS) is 43.2. The van der Waals surface area contributed by atoms with E-state index in [0.29, 0.717) is 24.2 Å². The molecular formula is C32H54O5. The van der Waals surface area contributed by atoms with Gasteiger partial charge in [0, 0.05) is 25.4 Å². The summed E-state index contributed by atoms with van der Waals surface area (Å²) in [6, 6.07) is 0. The second-order valence-electron chi connectivity index (χ2n) is 15.1. The molecule has 9 unspecified atom stereocenters. The van der Waals surface area contributed by atoms with E-state index in [1.54, 1.807) is 5.57 Å². The molecule has 37 heavy (non-hydrogen) atoms. The molecular weight excluding hydrogens is 464 g/mol. The Balaban J connectivity index is 1.68. The first kappa shape index (κ1) is 29.1. The van der Waals surface area contributed by atoms with E-state index in [1.165, 1.54) is 6.92 Å². The van der Waals surface area contributed by atoms with Crippen molar-refractivity contribution in [3.05, 3.63) is 11.6 Å². The molecule has 212 valence electrons. The molecule has 4 rings (SSSR count). The molecule has 0 aromatic rings. The van der Waals surface area contributed by atoms with E-state index in [-0.39, 0.29) is 46.9 Å². The van der Waals surface area contributed by atoms with Gasteiger partial charge in [-0.3, -0.25) is 4.79 Å². The minimum absolute atomic E-state index is 0.0619. The van der Waals surface area contributed by atoms with Gasteiger partial charge in [0.25, 0.3) is 0 Å². The van der Waals surface area contributed by atoms with Crippen LogP contribution in [-0.4, -0.2) is 45.7 Å². The maximum absolute atomic E-state index is 12.0. The molecule has 0 radical (unpaired) electrons. The number of aliphatic hydroxyl groups is 3. The fraction of sp³-hybridized carbons (Fsp3) is 0.906. The molecule has 0 amide bonds. The first-order chi connectivity index (χ1) is 17.0. The van der Waals surface area contributed by atoms with Gasteiger partial charge in [0.15, 0.2) is 0 Å². The van der Waals surface area contributed by atoms with Crippen LogP contribution in [0.5, 0.6) is 0 Å². The van der Waals surface area contributed by atoms with Crippen LogP contribution in [0.3, 0.4) is 0 Å². The average Bonchev–Trinajstić information content (AvgIpc) is 3.10. The third-order valence-electron chi connectivity index (χ3n) is 12.2. The number of rotatable bonds is 7. The Labute approximate surface area is 225 Å². The standard InChI is InChI=1S/C32H54O5/c1-20(2)17-22(37-21(3)34)18-31(8,36)26-12-15-30(7)24-9-10-25-28(4,5)27(35)13-14-29(25,6)23(24)11-16-32(26,30)19-33/h11,20,22,24-27,33,35-36H,9-10,12-19H2,1-8H3. The molecule has 0 bridgehead atoms. The molecule has 4 aliphatic rings. The summed E-state index contributed by atoms with van der Waals surface area (Å²) >= 11 is 0. The Morgan fingerprint density at radius 3 is 2.41 bits per heavy atom. The monoisotopic (exact) mass is 518 g/mol. The van der Waals surface area contributed by atoms with Crippen molar-refractivity contribution in [1.29, 1.82) is 0 Å². The first-order valence-corrected chi connectivity index (χ1v) is 14.9. The zero-order chi connectivity index (χ0) is 27.6. The molecule has 0 saturated heterocycles.